The van der Waals surface area contributed by atoms with Crippen LogP contribution in [0.2, 0.25) is 0 Å². The van der Waals surface area contributed by atoms with Gasteiger partial charge in [0, 0.05) is 6.54 Å². The Hall–Kier alpha value is -1.29. The predicted molar refractivity (Wildman–Crippen MR) is 49.4 cm³/mol. The molecule has 0 spiro atoms. The summed E-state index contributed by atoms with van der Waals surface area (Å²) >= 11 is 0. The Bertz CT molecular complexity index is 281. The number of amides is 1. The highest BCUT2D eigenvalue weighted by Gasteiger charge is 2.09. The lowest BCUT2D eigenvalue weighted by atomic mass is 10.2. The van der Waals surface area contributed by atoms with Crippen LogP contribution in [0.25, 0.3) is 0 Å². The summed E-state index contributed by atoms with van der Waals surface area (Å²) in [6.45, 7) is 2.96. The van der Waals surface area contributed by atoms with Gasteiger partial charge < -0.3 is 15.5 Å². The van der Waals surface area contributed by atoms with Crippen LogP contribution in [0, 0.1) is 6.92 Å². The zero-order chi connectivity index (χ0) is 9.68. The van der Waals surface area contributed by atoms with Crippen molar-refractivity contribution in [2.24, 2.45) is 5.73 Å². The average Bonchev–Trinajstić information content (AvgIpc) is 2.52. The molecular weight excluding hydrogens is 168 g/mol. The molecule has 0 aliphatic carbocycles. The Labute approximate surface area is 77.1 Å². The third-order valence-electron chi connectivity index (χ3n) is 1.77. The highest BCUT2D eigenvalue weighted by atomic mass is 16.3. The zero-order valence-corrected chi connectivity index (χ0v) is 7.67. The van der Waals surface area contributed by atoms with Crippen LogP contribution < -0.4 is 11.1 Å². The number of hydrogen-bond donors (Lipinski definition) is 2. The maximum absolute atomic E-state index is 11.4. The van der Waals surface area contributed by atoms with Gasteiger partial charge in [-0.15, -0.1) is 0 Å². The molecular formula is C9H14N2O2. The second kappa shape index (κ2) is 4.67. The first-order valence-electron chi connectivity index (χ1n) is 4.28. The van der Waals surface area contributed by atoms with E-state index in [9.17, 15) is 4.79 Å². The third kappa shape index (κ3) is 2.59. The van der Waals surface area contributed by atoms with Crippen molar-refractivity contribution in [3.05, 3.63) is 23.7 Å². The van der Waals surface area contributed by atoms with Crippen molar-refractivity contribution < 1.29 is 9.21 Å². The molecule has 0 aliphatic rings. The molecule has 1 aromatic rings. The third-order valence-corrected chi connectivity index (χ3v) is 1.77. The molecule has 13 heavy (non-hydrogen) atoms. The summed E-state index contributed by atoms with van der Waals surface area (Å²) in [4.78, 5) is 11.4. The molecule has 0 atom stereocenters. The fraction of sp³-hybridized carbons (Fsp3) is 0.444. The van der Waals surface area contributed by atoms with Gasteiger partial charge in [-0.05, 0) is 26.0 Å². The lowest BCUT2D eigenvalue weighted by Crippen LogP contribution is -2.26. The molecule has 1 heterocycles. The van der Waals surface area contributed by atoms with Gasteiger partial charge in [0.1, 0.15) is 5.76 Å². The lowest BCUT2D eigenvalue weighted by molar-refractivity contribution is 0.0952. The van der Waals surface area contributed by atoms with Crippen LogP contribution in [-0.4, -0.2) is 19.0 Å². The number of rotatable bonds is 4. The number of hydrogen-bond acceptors (Lipinski definition) is 3. The van der Waals surface area contributed by atoms with Crippen LogP contribution in [-0.2, 0) is 0 Å². The van der Waals surface area contributed by atoms with Gasteiger partial charge in [-0.3, -0.25) is 4.79 Å². The van der Waals surface area contributed by atoms with Gasteiger partial charge in [0.2, 0.25) is 0 Å². The van der Waals surface area contributed by atoms with Crippen LogP contribution in [0.1, 0.15) is 22.5 Å². The quantitative estimate of drug-likeness (QED) is 0.672. The molecule has 72 valence electrons. The fourth-order valence-electron chi connectivity index (χ4n) is 1.02. The highest BCUT2D eigenvalue weighted by Crippen LogP contribution is 2.07. The van der Waals surface area contributed by atoms with Crippen molar-refractivity contribution in [2.75, 3.05) is 13.1 Å². The minimum absolute atomic E-state index is 0.0975. The lowest BCUT2D eigenvalue weighted by Gasteiger charge is -2.01. The van der Waals surface area contributed by atoms with E-state index in [1.54, 1.807) is 13.0 Å². The minimum Gasteiger partial charge on any atom is -0.469 e. The molecule has 0 aromatic carbocycles. The van der Waals surface area contributed by atoms with Crippen LogP contribution >= 0.6 is 0 Å². The summed E-state index contributed by atoms with van der Waals surface area (Å²) in [7, 11) is 0. The number of nitrogens with two attached hydrogens (primary N) is 1. The van der Waals surface area contributed by atoms with Crippen LogP contribution in [0.5, 0.6) is 0 Å². The molecule has 0 radical (unpaired) electrons. The van der Waals surface area contributed by atoms with E-state index >= 15 is 0 Å². The van der Waals surface area contributed by atoms with Crippen molar-refractivity contribution >= 4 is 5.91 Å². The van der Waals surface area contributed by atoms with Crippen LogP contribution in [0.15, 0.2) is 16.7 Å². The highest BCUT2D eigenvalue weighted by molar-refractivity contribution is 5.94. The van der Waals surface area contributed by atoms with E-state index in [0.29, 0.717) is 24.4 Å². The molecule has 0 saturated carbocycles. The molecule has 0 aliphatic heterocycles. The molecule has 0 saturated heterocycles. The Balaban J connectivity index is 2.45. The van der Waals surface area contributed by atoms with E-state index in [0.717, 1.165) is 6.42 Å². The number of aryl methyl sites for hydroxylation is 1. The van der Waals surface area contributed by atoms with Crippen LogP contribution in [0.3, 0.4) is 0 Å². The largest absolute Gasteiger partial charge is 0.469 e. The molecule has 4 heteroatoms. The summed E-state index contributed by atoms with van der Waals surface area (Å²) in [6, 6.07) is 1.66. The SMILES string of the molecule is Cc1occc1C(=O)NCCCN. The summed E-state index contributed by atoms with van der Waals surface area (Å²) in [5.41, 5.74) is 5.89. The molecule has 1 amide bonds. The number of furan rings is 1. The normalized spacial score (nSPS) is 10.0. The second-order valence-electron chi connectivity index (χ2n) is 2.79. The number of carbonyl (C=O) groups excluding carboxylic acids is 1. The van der Waals surface area contributed by atoms with Gasteiger partial charge in [-0.1, -0.05) is 0 Å². The summed E-state index contributed by atoms with van der Waals surface area (Å²) in [5, 5.41) is 2.75. The molecule has 3 N–H and O–H groups in total. The second-order valence-corrected chi connectivity index (χ2v) is 2.79. The Morgan fingerprint density at radius 3 is 3.00 bits per heavy atom. The predicted octanol–water partition coefficient (Wildman–Crippen LogP) is 0.667. The van der Waals surface area contributed by atoms with Gasteiger partial charge in [0.05, 0.1) is 11.8 Å². The molecule has 4 nitrogen and oxygen atoms in total. The van der Waals surface area contributed by atoms with Crippen molar-refractivity contribution in [3.8, 4) is 0 Å². The van der Waals surface area contributed by atoms with E-state index in [4.69, 9.17) is 10.2 Å². The fourth-order valence-corrected chi connectivity index (χ4v) is 1.02. The van der Waals surface area contributed by atoms with Crippen molar-refractivity contribution in [1.29, 1.82) is 0 Å². The standard InChI is InChI=1S/C9H14N2O2/c1-7-8(3-6-13-7)9(12)11-5-2-4-10/h3,6H,2,4-5,10H2,1H3,(H,11,12). The summed E-state index contributed by atoms with van der Waals surface area (Å²) in [5.74, 6) is 0.546. The zero-order valence-electron chi connectivity index (χ0n) is 7.67. The minimum atomic E-state index is -0.0975. The number of nitrogens with one attached hydrogen (secondary N) is 1. The molecule has 1 aromatic heterocycles. The maximum Gasteiger partial charge on any atom is 0.254 e. The van der Waals surface area contributed by atoms with E-state index in [1.807, 2.05) is 0 Å². The van der Waals surface area contributed by atoms with Gasteiger partial charge >= 0.3 is 0 Å². The van der Waals surface area contributed by atoms with Gasteiger partial charge in [0.15, 0.2) is 0 Å². The van der Waals surface area contributed by atoms with Crippen LogP contribution in [0.4, 0.5) is 0 Å². The number of carbonyl (C=O) groups is 1. The molecule has 0 unspecified atom stereocenters. The van der Waals surface area contributed by atoms with Gasteiger partial charge in [-0.25, -0.2) is 0 Å². The Morgan fingerprint density at radius 2 is 2.46 bits per heavy atom. The average molecular weight is 182 g/mol. The first-order chi connectivity index (χ1) is 6.25. The molecule has 0 bridgehead atoms. The molecule has 0 fully saturated rings. The first-order valence-corrected chi connectivity index (χ1v) is 4.28. The topological polar surface area (TPSA) is 68.3 Å². The van der Waals surface area contributed by atoms with E-state index in [2.05, 4.69) is 5.32 Å². The van der Waals surface area contributed by atoms with E-state index in [1.165, 1.54) is 6.26 Å². The van der Waals surface area contributed by atoms with E-state index < -0.39 is 0 Å². The Kier molecular flexibility index (Phi) is 3.52. The first kappa shape index (κ1) is 9.80. The smallest absolute Gasteiger partial charge is 0.254 e. The van der Waals surface area contributed by atoms with E-state index in [-0.39, 0.29) is 5.91 Å². The maximum atomic E-state index is 11.4. The van der Waals surface area contributed by atoms with Crippen molar-refractivity contribution in [1.82, 2.24) is 5.32 Å². The van der Waals surface area contributed by atoms with Gasteiger partial charge in [0.25, 0.3) is 5.91 Å². The van der Waals surface area contributed by atoms with Gasteiger partial charge in [-0.2, -0.15) is 0 Å². The monoisotopic (exact) mass is 182 g/mol. The molecule has 1 rings (SSSR count). The van der Waals surface area contributed by atoms with Crippen molar-refractivity contribution in [3.63, 3.8) is 0 Å². The summed E-state index contributed by atoms with van der Waals surface area (Å²) in [6.07, 6.45) is 2.30. The van der Waals surface area contributed by atoms with Crippen molar-refractivity contribution in [2.45, 2.75) is 13.3 Å². The summed E-state index contributed by atoms with van der Waals surface area (Å²) < 4.78 is 5.01. The Morgan fingerprint density at radius 1 is 1.69 bits per heavy atom.